The molecule has 0 aliphatic carbocycles. The van der Waals surface area contributed by atoms with Crippen LogP contribution in [0.2, 0.25) is 0 Å². The number of carbonyl (C=O) groups excluding carboxylic acids is 2. The summed E-state index contributed by atoms with van der Waals surface area (Å²) in [6.07, 6.45) is 0. The first-order valence-electron chi connectivity index (χ1n) is 7.97. The zero-order valence-corrected chi connectivity index (χ0v) is 14.6. The number of aliphatic hydroxyl groups is 1. The number of rotatable bonds is 7. The smallest absolute Gasteiger partial charge is 0.277 e. The molecular weight excluding hydrogens is 308 g/mol. The lowest BCUT2D eigenvalue weighted by atomic mass is 10.0. The van der Waals surface area contributed by atoms with Gasteiger partial charge in [0, 0.05) is 20.1 Å². The average Bonchev–Trinajstić information content (AvgIpc) is 2.79. The molecule has 0 spiro atoms. The number of likely N-dealkylation sites (N-methyl/N-ethyl adjacent to an activating group) is 1. The normalized spacial score (nSPS) is 14.8. The first kappa shape index (κ1) is 18.0. The number of hydrogen-bond acceptors (Lipinski definition) is 5. The van der Waals surface area contributed by atoms with Gasteiger partial charge in [0.15, 0.2) is 0 Å². The van der Waals surface area contributed by atoms with Crippen molar-refractivity contribution < 1.29 is 19.4 Å². The molecule has 0 radical (unpaired) electrons. The van der Waals surface area contributed by atoms with Crippen LogP contribution in [0.25, 0.3) is 5.57 Å². The topological polar surface area (TPSA) is 70.1 Å². The van der Waals surface area contributed by atoms with Crippen LogP contribution >= 0.6 is 0 Å². The SMILES string of the molecule is COc1ccc(C2=C(N(C)CCO)C(=O)N(CC(C)C)C2=O)cc1. The third-order valence-electron chi connectivity index (χ3n) is 3.89. The molecule has 6 nitrogen and oxygen atoms in total. The lowest BCUT2D eigenvalue weighted by Crippen LogP contribution is -2.37. The van der Waals surface area contributed by atoms with Gasteiger partial charge in [-0.1, -0.05) is 26.0 Å². The Kier molecular flexibility index (Phi) is 5.62. The molecule has 1 aliphatic heterocycles. The van der Waals surface area contributed by atoms with E-state index in [1.807, 2.05) is 13.8 Å². The van der Waals surface area contributed by atoms with Gasteiger partial charge in [-0.25, -0.2) is 0 Å². The average molecular weight is 332 g/mol. The van der Waals surface area contributed by atoms with Gasteiger partial charge in [0.25, 0.3) is 11.8 Å². The van der Waals surface area contributed by atoms with Crippen molar-refractivity contribution in [3.8, 4) is 5.75 Å². The molecule has 1 aromatic carbocycles. The van der Waals surface area contributed by atoms with Crippen molar-refractivity contribution in [2.24, 2.45) is 5.92 Å². The molecule has 1 N–H and O–H groups in total. The van der Waals surface area contributed by atoms with Crippen molar-refractivity contribution in [1.29, 1.82) is 0 Å². The number of carbonyl (C=O) groups is 2. The predicted molar refractivity (Wildman–Crippen MR) is 91.2 cm³/mol. The highest BCUT2D eigenvalue weighted by atomic mass is 16.5. The quantitative estimate of drug-likeness (QED) is 0.764. The van der Waals surface area contributed by atoms with Crippen molar-refractivity contribution in [1.82, 2.24) is 9.80 Å². The minimum atomic E-state index is -0.310. The second-order valence-corrected chi connectivity index (χ2v) is 6.21. The van der Waals surface area contributed by atoms with Crippen LogP contribution in [0.4, 0.5) is 0 Å². The Morgan fingerprint density at radius 2 is 1.79 bits per heavy atom. The third kappa shape index (κ3) is 3.43. The summed E-state index contributed by atoms with van der Waals surface area (Å²) >= 11 is 0. The number of amides is 2. The Labute approximate surface area is 142 Å². The van der Waals surface area contributed by atoms with E-state index in [0.717, 1.165) is 0 Å². The highest BCUT2D eigenvalue weighted by molar-refractivity contribution is 6.35. The van der Waals surface area contributed by atoms with Crippen molar-refractivity contribution in [2.75, 3.05) is 33.9 Å². The van der Waals surface area contributed by atoms with Crippen LogP contribution in [0.15, 0.2) is 30.0 Å². The molecule has 0 atom stereocenters. The molecule has 0 saturated heterocycles. The molecular formula is C18H24N2O4. The molecule has 0 saturated carbocycles. The van der Waals surface area contributed by atoms with E-state index in [2.05, 4.69) is 0 Å². The number of imide groups is 1. The molecule has 130 valence electrons. The van der Waals surface area contributed by atoms with E-state index in [-0.39, 0.29) is 30.9 Å². The van der Waals surface area contributed by atoms with Gasteiger partial charge in [-0.05, 0) is 23.6 Å². The minimum absolute atomic E-state index is 0.0957. The van der Waals surface area contributed by atoms with E-state index in [0.29, 0.717) is 29.1 Å². The maximum absolute atomic E-state index is 12.9. The predicted octanol–water partition coefficient (Wildman–Crippen LogP) is 1.36. The molecule has 0 aromatic heterocycles. The molecule has 2 amide bonds. The number of methoxy groups -OCH3 is 1. The molecule has 6 heteroatoms. The second kappa shape index (κ2) is 7.49. The van der Waals surface area contributed by atoms with Crippen LogP contribution in [0, 0.1) is 5.92 Å². The van der Waals surface area contributed by atoms with Crippen LogP contribution in [-0.2, 0) is 9.59 Å². The second-order valence-electron chi connectivity index (χ2n) is 6.21. The first-order valence-corrected chi connectivity index (χ1v) is 7.97. The number of hydrogen-bond donors (Lipinski definition) is 1. The maximum Gasteiger partial charge on any atom is 0.277 e. The lowest BCUT2D eigenvalue weighted by Gasteiger charge is -2.21. The highest BCUT2D eigenvalue weighted by Gasteiger charge is 2.40. The largest absolute Gasteiger partial charge is 0.497 e. The summed E-state index contributed by atoms with van der Waals surface area (Å²) < 4.78 is 5.14. The standard InChI is InChI=1S/C18H24N2O4/c1-12(2)11-20-17(22)15(13-5-7-14(24-4)8-6-13)16(18(20)23)19(3)9-10-21/h5-8,12,21H,9-11H2,1-4H3. The van der Waals surface area contributed by atoms with E-state index in [4.69, 9.17) is 4.74 Å². The van der Waals surface area contributed by atoms with Gasteiger partial charge in [0.2, 0.25) is 0 Å². The molecule has 24 heavy (non-hydrogen) atoms. The van der Waals surface area contributed by atoms with Gasteiger partial charge in [0.1, 0.15) is 11.4 Å². The number of aliphatic hydroxyl groups excluding tert-OH is 1. The molecule has 1 aliphatic rings. The Morgan fingerprint density at radius 1 is 1.17 bits per heavy atom. The van der Waals surface area contributed by atoms with Crippen LogP contribution in [0.5, 0.6) is 5.75 Å². The maximum atomic E-state index is 12.9. The fourth-order valence-electron chi connectivity index (χ4n) is 2.73. The lowest BCUT2D eigenvalue weighted by molar-refractivity contribution is -0.138. The van der Waals surface area contributed by atoms with Crippen LogP contribution in [0.1, 0.15) is 19.4 Å². The van der Waals surface area contributed by atoms with Gasteiger partial charge in [0.05, 0.1) is 19.3 Å². The Morgan fingerprint density at radius 3 is 2.29 bits per heavy atom. The molecule has 2 rings (SSSR count). The molecule has 1 heterocycles. The van der Waals surface area contributed by atoms with Gasteiger partial charge in [-0.3, -0.25) is 14.5 Å². The minimum Gasteiger partial charge on any atom is -0.497 e. The monoisotopic (exact) mass is 332 g/mol. The van der Waals surface area contributed by atoms with Crippen LogP contribution in [-0.4, -0.2) is 60.6 Å². The summed E-state index contributed by atoms with van der Waals surface area (Å²) in [5, 5.41) is 9.20. The van der Waals surface area contributed by atoms with Crippen molar-refractivity contribution in [3.05, 3.63) is 35.5 Å². The van der Waals surface area contributed by atoms with Crippen molar-refractivity contribution in [2.45, 2.75) is 13.8 Å². The van der Waals surface area contributed by atoms with Crippen molar-refractivity contribution >= 4 is 17.4 Å². The molecule has 1 aromatic rings. The van der Waals surface area contributed by atoms with Gasteiger partial charge >= 0.3 is 0 Å². The summed E-state index contributed by atoms with van der Waals surface area (Å²) in [6.45, 7) is 4.48. The van der Waals surface area contributed by atoms with Crippen LogP contribution in [0.3, 0.4) is 0 Å². The molecule has 0 unspecified atom stereocenters. The van der Waals surface area contributed by atoms with E-state index in [9.17, 15) is 14.7 Å². The fourth-order valence-corrected chi connectivity index (χ4v) is 2.73. The summed E-state index contributed by atoms with van der Waals surface area (Å²) in [6, 6.07) is 7.06. The Bertz CT molecular complexity index is 649. The summed E-state index contributed by atoms with van der Waals surface area (Å²) in [5.74, 6) is 0.257. The van der Waals surface area contributed by atoms with Gasteiger partial charge < -0.3 is 14.7 Å². The van der Waals surface area contributed by atoms with Crippen LogP contribution < -0.4 is 4.74 Å². The van der Waals surface area contributed by atoms with Gasteiger partial charge in [-0.15, -0.1) is 0 Å². The Balaban J connectivity index is 2.49. The summed E-state index contributed by atoms with van der Waals surface area (Å²) in [7, 11) is 3.28. The van der Waals surface area contributed by atoms with E-state index in [1.54, 1.807) is 43.3 Å². The third-order valence-corrected chi connectivity index (χ3v) is 3.89. The van der Waals surface area contributed by atoms with Gasteiger partial charge in [-0.2, -0.15) is 0 Å². The molecule has 0 bridgehead atoms. The number of ether oxygens (including phenoxy) is 1. The first-order chi connectivity index (χ1) is 11.4. The fraction of sp³-hybridized carbons (Fsp3) is 0.444. The zero-order chi connectivity index (χ0) is 17.9. The molecule has 0 fully saturated rings. The summed E-state index contributed by atoms with van der Waals surface area (Å²) in [5.41, 5.74) is 1.37. The number of nitrogens with zero attached hydrogens (tertiary/aromatic N) is 2. The Hall–Kier alpha value is -2.34. The highest BCUT2D eigenvalue weighted by Crippen LogP contribution is 2.32. The zero-order valence-electron chi connectivity index (χ0n) is 14.6. The van der Waals surface area contributed by atoms with E-state index >= 15 is 0 Å². The number of benzene rings is 1. The summed E-state index contributed by atoms with van der Waals surface area (Å²) in [4.78, 5) is 28.6. The van der Waals surface area contributed by atoms with E-state index in [1.165, 1.54) is 4.90 Å². The van der Waals surface area contributed by atoms with Crippen molar-refractivity contribution in [3.63, 3.8) is 0 Å². The van der Waals surface area contributed by atoms with E-state index < -0.39 is 0 Å².